The summed E-state index contributed by atoms with van der Waals surface area (Å²) in [5, 5.41) is 1.10. The summed E-state index contributed by atoms with van der Waals surface area (Å²) in [6, 6.07) is 0. The van der Waals surface area contributed by atoms with E-state index in [1.165, 1.54) is 0 Å². The Balaban J connectivity index is 2.18. The Kier molecular flexibility index (Phi) is 2.58. The molecule has 2 aliphatic heterocycles. The van der Waals surface area contributed by atoms with E-state index in [9.17, 15) is 4.79 Å². The Labute approximate surface area is 82.6 Å². The van der Waals surface area contributed by atoms with Crippen LogP contribution in [0.1, 0.15) is 26.2 Å². The fourth-order valence-electron chi connectivity index (χ4n) is 1.65. The van der Waals surface area contributed by atoms with Crippen LogP contribution in [-0.4, -0.2) is 34.3 Å². The van der Waals surface area contributed by atoms with Gasteiger partial charge in [-0.2, -0.15) is 0 Å². The van der Waals surface area contributed by atoms with Gasteiger partial charge in [-0.05, 0) is 19.3 Å². The van der Waals surface area contributed by atoms with E-state index in [0.29, 0.717) is 0 Å². The van der Waals surface area contributed by atoms with Gasteiger partial charge in [0.05, 0.1) is 5.25 Å². The van der Waals surface area contributed by atoms with Gasteiger partial charge < -0.3 is 0 Å². The van der Waals surface area contributed by atoms with E-state index in [0.717, 1.165) is 37.5 Å². The maximum absolute atomic E-state index is 11.7. The summed E-state index contributed by atoms with van der Waals surface area (Å²) in [6.45, 7) is 3.83. The average molecular weight is 198 g/mol. The van der Waals surface area contributed by atoms with Gasteiger partial charge in [0, 0.05) is 13.1 Å². The van der Waals surface area contributed by atoms with Crippen LogP contribution in [0.3, 0.4) is 0 Å². The van der Waals surface area contributed by atoms with Crippen molar-refractivity contribution < 1.29 is 4.79 Å². The van der Waals surface area contributed by atoms with Gasteiger partial charge in [0.25, 0.3) is 0 Å². The summed E-state index contributed by atoms with van der Waals surface area (Å²) in [7, 11) is 0. The predicted octanol–water partition coefficient (Wildman–Crippen LogP) is 1.49. The smallest absolute Gasteiger partial charge is 0.242 e. The minimum absolute atomic E-state index is 0.136. The highest BCUT2D eigenvalue weighted by atomic mass is 32.2. The number of hydrogen-bond acceptors (Lipinski definition) is 3. The largest absolute Gasteiger partial charge is 0.291 e. The molecule has 1 saturated heterocycles. The number of rotatable bonds is 1. The van der Waals surface area contributed by atoms with Crippen molar-refractivity contribution in [3.8, 4) is 0 Å². The molecule has 2 heterocycles. The lowest BCUT2D eigenvalue weighted by atomic mass is 10.2. The molecule has 2 rings (SSSR count). The van der Waals surface area contributed by atoms with Crippen LogP contribution < -0.4 is 0 Å². The molecule has 0 bridgehead atoms. The summed E-state index contributed by atoms with van der Waals surface area (Å²) in [5.41, 5.74) is 0. The van der Waals surface area contributed by atoms with Crippen LogP contribution in [0.15, 0.2) is 4.99 Å². The van der Waals surface area contributed by atoms with Gasteiger partial charge in [-0.1, -0.05) is 18.7 Å². The van der Waals surface area contributed by atoms with Gasteiger partial charge in [-0.15, -0.1) is 0 Å². The molecule has 0 radical (unpaired) electrons. The van der Waals surface area contributed by atoms with Gasteiger partial charge in [0.15, 0.2) is 5.17 Å². The van der Waals surface area contributed by atoms with Crippen molar-refractivity contribution in [2.75, 3.05) is 13.1 Å². The summed E-state index contributed by atoms with van der Waals surface area (Å²) >= 11 is 1.64. The molecule has 1 atom stereocenters. The van der Waals surface area contributed by atoms with Crippen LogP contribution in [-0.2, 0) is 4.79 Å². The van der Waals surface area contributed by atoms with E-state index in [-0.39, 0.29) is 11.2 Å². The van der Waals surface area contributed by atoms with Crippen molar-refractivity contribution in [3.63, 3.8) is 0 Å². The first kappa shape index (κ1) is 9.06. The molecule has 1 fully saturated rings. The SMILES string of the molecule is CCC1SC2=NCCCCN2C1=O. The number of thioether (sulfide) groups is 1. The Morgan fingerprint density at radius 1 is 1.62 bits per heavy atom. The first-order chi connectivity index (χ1) is 6.33. The number of amidine groups is 1. The first-order valence-electron chi connectivity index (χ1n) is 4.85. The maximum atomic E-state index is 11.7. The molecule has 0 aliphatic carbocycles. The highest BCUT2D eigenvalue weighted by Crippen LogP contribution is 2.30. The van der Waals surface area contributed by atoms with E-state index in [2.05, 4.69) is 11.9 Å². The molecule has 0 N–H and O–H groups in total. The fourth-order valence-corrected chi connectivity index (χ4v) is 2.78. The zero-order chi connectivity index (χ0) is 9.26. The number of fused-ring (bicyclic) bond motifs is 1. The molecule has 0 aromatic heterocycles. The minimum atomic E-state index is 0.136. The molecule has 0 aromatic carbocycles. The van der Waals surface area contributed by atoms with E-state index >= 15 is 0 Å². The quantitative estimate of drug-likeness (QED) is 0.639. The minimum Gasteiger partial charge on any atom is -0.291 e. The summed E-state index contributed by atoms with van der Waals surface area (Å²) < 4.78 is 0. The summed E-state index contributed by atoms with van der Waals surface area (Å²) in [6.07, 6.45) is 3.12. The van der Waals surface area contributed by atoms with Crippen LogP contribution >= 0.6 is 11.8 Å². The number of amides is 1. The van der Waals surface area contributed by atoms with Crippen molar-refractivity contribution in [3.05, 3.63) is 0 Å². The highest BCUT2D eigenvalue weighted by Gasteiger charge is 2.36. The topological polar surface area (TPSA) is 32.7 Å². The Morgan fingerprint density at radius 3 is 3.23 bits per heavy atom. The van der Waals surface area contributed by atoms with Crippen LogP contribution in [0.2, 0.25) is 0 Å². The molecule has 1 amide bonds. The van der Waals surface area contributed by atoms with Crippen LogP contribution in [0.4, 0.5) is 0 Å². The lowest BCUT2D eigenvalue weighted by molar-refractivity contribution is -0.126. The summed E-state index contributed by atoms with van der Waals surface area (Å²) in [5.74, 6) is 0.271. The summed E-state index contributed by atoms with van der Waals surface area (Å²) in [4.78, 5) is 18.0. The first-order valence-corrected chi connectivity index (χ1v) is 5.73. The van der Waals surface area contributed by atoms with Gasteiger partial charge in [-0.3, -0.25) is 14.7 Å². The lowest BCUT2D eigenvalue weighted by Gasteiger charge is -2.12. The fraction of sp³-hybridized carbons (Fsp3) is 0.778. The lowest BCUT2D eigenvalue weighted by Crippen LogP contribution is -2.32. The van der Waals surface area contributed by atoms with Crippen LogP contribution in [0, 0.1) is 0 Å². The molecule has 13 heavy (non-hydrogen) atoms. The molecule has 0 aromatic rings. The van der Waals surface area contributed by atoms with E-state index in [1.54, 1.807) is 11.8 Å². The average Bonchev–Trinajstić information content (AvgIpc) is 2.37. The monoisotopic (exact) mass is 198 g/mol. The molecule has 1 unspecified atom stereocenters. The van der Waals surface area contributed by atoms with Crippen molar-refractivity contribution >= 4 is 22.8 Å². The van der Waals surface area contributed by atoms with E-state index < -0.39 is 0 Å². The zero-order valence-corrected chi connectivity index (χ0v) is 8.64. The molecule has 0 spiro atoms. The van der Waals surface area contributed by atoms with Crippen molar-refractivity contribution in [1.29, 1.82) is 0 Å². The van der Waals surface area contributed by atoms with Crippen molar-refractivity contribution in [2.24, 2.45) is 4.99 Å². The van der Waals surface area contributed by atoms with Gasteiger partial charge in [-0.25, -0.2) is 0 Å². The van der Waals surface area contributed by atoms with Gasteiger partial charge in [0.1, 0.15) is 0 Å². The molecular weight excluding hydrogens is 184 g/mol. The third-order valence-corrected chi connectivity index (χ3v) is 3.81. The Morgan fingerprint density at radius 2 is 2.46 bits per heavy atom. The number of hydrogen-bond donors (Lipinski definition) is 0. The number of nitrogens with zero attached hydrogens (tertiary/aromatic N) is 2. The molecule has 4 heteroatoms. The highest BCUT2D eigenvalue weighted by molar-refractivity contribution is 8.15. The third kappa shape index (κ3) is 1.59. The van der Waals surface area contributed by atoms with E-state index in [1.807, 2.05) is 4.90 Å². The predicted molar refractivity (Wildman–Crippen MR) is 54.9 cm³/mol. The second kappa shape index (κ2) is 3.70. The molecule has 2 aliphatic rings. The molecule has 72 valence electrons. The van der Waals surface area contributed by atoms with Crippen molar-refractivity contribution in [1.82, 2.24) is 4.90 Å². The van der Waals surface area contributed by atoms with Gasteiger partial charge >= 0.3 is 0 Å². The molecular formula is C9H14N2OS. The molecule has 0 saturated carbocycles. The second-order valence-corrected chi connectivity index (χ2v) is 4.55. The third-order valence-electron chi connectivity index (χ3n) is 2.43. The van der Waals surface area contributed by atoms with Crippen LogP contribution in [0.25, 0.3) is 0 Å². The van der Waals surface area contributed by atoms with Crippen LogP contribution in [0.5, 0.6) is 0 Å². The molecule has 3 nitrogen and oxygen atoms in total. The maximum Gasteiger partial charge on any atom is 0.242 e. The number of carbonyl (C=O) groups is 1. The normalized spacial score (nSPS) is 28.4. The van der Waals surface area contributed by atoms with Crippen molar-refractivity contribution in [2.45, 2.75) is 31.4 Å². The van der Waals surface area contributed by atoms with Gasteiger partial charge in [0.2, 0.25) is 5.91 Å². The Bertz CT molecular complexity index is 252. The van der Waals surface area contributed by atoms with E-state index in [4.69, 9.17) is 0 Å². The number of carbonyl (C=O) groups excluding carboxylic acids is 1. The number of aliphatic imine (C=N–C) groups is 1. The Hall–Kier alpha value is -0.510. The zero-order valence-electron chi connectivity index (χ0n) is 7.82. The standard InChI is InChI=1S/C9H14N2OS/c1-2-7-8(12)11-6-4-3-5-10-9(11)13-7/h7H,2-6H2,1H3. The second-order valence-electron chi connectivity index (χ2n) is 3.38.